The summed E-state index contributed by atoms with van der Waals surface area (Å²) in [5.74, 6) is -0.229. The summed E-state index contributed by atoms with van der Waals surface area (Å²) in [5, 5.41) is 12.6. The Morgan fingerprint density at radius 1 is 0.960 bits per heavy atom. The van der Waals surface area contributed by atoms with Crippen LogP contribution in [-0.4, -0.2) is 34.6 Å². The minimum atomic E-state index is -1.05. The number of benzene rings is 2. The molecule has 2 aliphatic rings. The van der Waals surface area contributed by atoms with Gasteiger partial charge in [-0.05, 0) is 41.5 Å². The predicted molar refractivity (Wildman–Crippen MR) is 93.4 cm³/mol. The Hall–Kier alpha value is -2.82. The first kappa shape index (κ1) is 15.7. The minimum absolute atomic E-state index is 0.0228. The van der Waals surface area contributed by atoms with Crippen molar-refractivity contribution in [1.29, 1.82) is 0 Å². The Morgan fingerprint density at radius 3 is 2.20 bits per heavy atom. The summed E-state index contributed by atoms with van der Waals surface area (Å²) in [6.07, 6.45) is 1.18. The van der Waals surface area contributed by atoms with Gasteiger partial charge in [0.25, 0.3) is 0 Å². The molecular weight excluding hydrogens is 316 g/mol. The Labute approximate surface area is 146 Å². The van der Waals surface area contributed by atoms with Gasteiger partial charge in [0.1, 0.15) is 6.04 Å². The lowest BCUT2D eigenvalue weighted by Crippen LogP contribution is -2.49. The Morgan fingerprint density at radius 2 is 1.56 bits per heavy atom. The van der Waals surface area contributed by atoms with Gasteiger partial charge >= 0.3 is 6.09 Å². The van der Waals surface area contributed by atoms with Gasteiger partial charge in [0.15, 0.2) is 0 Å². The van der Waals surface area contributed by atoms with Gasteiger partial charge in [0.05, 0.1) is 0 Å². The Kier molecular flexibility index (Phi) is 3.92. The molecule has 2 N–H and O–H groups in total. The fraction of sp³-hybridized carbons (Fsp3) is 0.300. The number of hydrogen-bond acceptors (Lipinski definition) is 2. The van der Waals surface area contributed by atoms with E-state index in [0.29, 0.717) is 13.0 Å². The maximum Gasteiger partial charge on any atom is 0.408 e. The molecule has 1 heterocycles. The normalized spacial score (nSPS) is 19.2. The zero-order valence-corrected chi connectivity index (χ0v) is 13.8. The van der Waals surface area contributed by atoms with E-state index in [0.717, 1.165) is 24.0 Å². The van der Waals surface area contributed by atoms with Crippen molar-refractivity contribution in [2.75, 3.05) is 6.54 Å². The first-order valence-electron chi connectivity index (χ1n) is 8.58. The van der Waals surface area contributed by atoms with Crippen LogP contribution in [0.3, 0.4) is 0 Å². The van der Waals surface area contributed by atoms with Gasteiger partial charge < -0.3 is 10.4 Å². The summed E-state index contributed by atoms with van der Waals surface area (Å²) in [4.78, 5) is 25.9. The van der Waals surface area contributed by atoms with Crippen LogP contribution in [0.15, 0.2) is 48.5 Å². The van der Waals surface area contributed by atoms with Gasteiger partial charge in [-0.3, -0.25) is 9.69 Å². The van der Waals surface area contributed by atoms with Crippen LogP contribution in [0.2, 0.25) is 0 Å². The third-order valence-corrected chi connectivity index (χ3v) is 5.17. The topological polar surface area (TPSA) is 69.6 Å². The lowest BCUT2D eigenvalue weighted by Gasteiger charge is -2.35. The number of amides is 2. The van der Waals surface area contributed by atoms with Crippen LogP contribution >= 0.6 is 0 Å². The zero-order valence-electron chi connectivity index (χ0n) is 13.8. The van der Waals surface area contributed by atoms with Crippen molar-refractivity contribution in [2.45, 2.75) is 31.3 Å². The lowest BCUT2D eigenvalue weighted by molar-refractivity contribution is -0.127. The average molecular weight is 336 g/mol. The number of nitrogens with one attached hydrogen (secondary N) is 1. The highest BCUT2D eigenvalue weighted by Gasteiger charge is 2.37. The van der Waals surface area contributed by atoms with E-state index in [-0.39, 0.29) is 11.9 Å². The minimum Gasteiger partial charge on any atom is -0.465 e. The van der Waals surface area contributed by atoms with Crippen molar-refractivity contribution >= 4 is 12.0 Å². The number of nitrogens with zero attached hydrogens (tertiary/aromatic N) is 1. The van der Waals surface area contributed by atoms with E-state index >= 15 is 0 Å². The molecule has 4 rings (SSSR count). The molecular formula is C20H20N2O3. The van der Waals surface area contributed by atoms with Gasteiger partial charge in [-0.2, -0.15) is 0 Å². The van der Waals surface area contributed by atoms with E-state index in [1.54, 1.807) is 0 Å². The molecule has 1 aliphatic carbocycles. The highest BCUT2D eigenvalue weighted by molar-refractivity contribution is 5.87. The molecule has 0 bridgehead atoms. The molecule has 0 fully saturated rings. The van der Waals surface area contributed by atoms with E-state index < -0.39 is 12.1 Å². The third-order valence-electron chi connectivity index (χ3n) is 5.17. The molecule has 2 aromatic carbocycles. The maximum absolute atomic E-state index is 13.0. The predicted octanol–water partition coefficient (Wildman–Crippen LogP) is 2.55. The second-order valence-corrected chi connectivity index (χ2v) is 6.71. The number of rotatable bonds is 2. The SMILES string of the molecule is O=C(NC1Cc2ccccc2C1)C1c2ccccc2CCN1C(=O)O. The summed E-state index contributed by atoms with van der Waals surface area (Å²) >= 11 is 0. The van der Waals surface area contributed by atoms with Crippen LogP contribution in [0.5, 0.6) is 0 Å². The number of fused-ring (bicyclic) bond motifs is 2. The third kappa shape index (κ3) is 2.86. The Balaban J connectivity index is 1.57. The van der Waals surface area contributed by atoms with E-state index in [2.05, 4.69) is 17.4 Å². The number of hydrogen-bond donors (Lipinski definition) is 2. The molecule has 1 aliphatic heterocycles. The summed E-state index contributed by atoms with van der Waals surface area (Å²) < 4.78 is 0. The highest BCUT2D eigenvalue weighted by Crippen LogP contribution is 2.31. The highest BCUT2D eigenvalue weighted by atomic mass is 16.4. The summed E-state index contributed by atoms with van der Waals surface area (Å²) in [7, 11) is 0. The van der Waals surface area contributed by atoms with Gasteiger partial charge in [-0.15, -0.1) is 0 Å². The smallest absolute Gasteiger partial charge is 0.408 e. The van der Waals surface area contributed by atoms with E-state index in [1.165, 1.54) is 16.0 Å². The molecule has 5 nitrogen and oxygen atoms in total. The van der Waals surface area contributed by atoms with Crippen molar-refractivity contribution in [3.05, 3.63) is 70.8 Å². The van der Waals surface area contributed by atoms with Crippen molar-refractivity contribution < 1.29 is 14.7 Å². The molecule has 0 saturated heterocycles. The van der Waals surface area contributed by atoms with Crippen LogP contribution in [0.1, 0.15) is 28.3 Å². The van der Waals surface area contributed by atoms with Gasteiger partial charge in [0.2, 0.25) is 5.91 Å². The first-order valence-corrected chi connectivity index (χ1v) is 8.58. The summed E-state index contributed by atoms with van der Waals surface area (Å²) in [5.41, 5.74) is 4.36. The molecule has 2 amide bonds. The number of carbonyl (C=O) groups is 2. The number of carbonyl (C=O) groups excluding carboxylic acids is 1. The summed E-state index contributed by atoms with van der Waals surface area (Å²) in [6, 6.07) is 15.0. The molecule has 5 heteroatoms. The Bertz CT molecular complexity index is 808. The summed E-state index contributed by atoms with van der Waals surface area (Å²) in [6.45, 7) is 0.343. The molecule has 1 atom stereocenters. The van der Waals surface area contributed by atoms with E-state index in [9.17, 15) is 14.7 Å². The molecule has 25 heavy (non-hydrogen) atoms. The van der Waals surface area contributed by atoms with Crippen LogP contribution in [0.25, 0.3) is 0 Å². The zero-order chi connectivity index (χ0) is 17.4. The maximum atomic E-state index is 13.0. The standard InChI is InChI=1S/C20H20N2O3/c23-19(21-16-11-14-6-1-2-7-15(14)12-16)18-17-8-4-3-5-13(17)9-10-22(18)20(24)25/h1-8,16,18H,9-12H2,(H,21,23)(H,24,25). The van der Waals surface area contributed by atoms with Crippen LogP contribution < -0.4 is 5.32 Å². The lowest BCUT2D eigenvalue weighted by atomic mass is 9.92. The van der Waals surface area contributed by atoms with Crippen molar-refractivity contribution in [3.63, 3.8) is 0 Å². The van der Waals surface area contributed by atoms with Gasteiger partial charge in [-0.25, -0.2) is 4.79 Å². The van der Waals surface area contributed by atoms with Gasteiger partial charge in [-0.1, -0.05) is 48.5 Å². The monoisotopic (exact) mass is 336 g/mol. The fourth-order valence-electron chi connectivity index (χ4n) is 4.00. The first-order chi connectivity index (χ1) is 12.1. The van der Waals surface area contributed by atoms with Crippen molar-refractivity contribution in [2.24, 2.45) is 0 Å². The van der Waals surface area contributed by atoms with Crippen molar-refractivity contribution in [1.82, 2.24) is 10.2 Å². The molecule has 2 aromatic rings. The largest absolute Gasteiger partial charge is 0.465 e. The molecule has 0 radical (unpaired) electrons. The molecule has 0 saturated carbocycles. The average Bonchev–Trinajstić information content (AvgIpc) is 3.02. The second kappa shape index (κ2) is 6.24. The quantitative estimate of drug-likeness (QED) is 0.885. The van der Waals surface area contributed by atoms with Crippen LogP contribution in [0, 0.1) is 0 Å². The van der Waals surface area contributed by atoms with Gasteiger partial charge in [0, 0.05) is 12.6 Å². The molecule has 0 spiro atoms. The molecule has 1 unspecified atom stereocenters. The van der Waals surface area contributed by atoms with Crippen molar-refractivity contribution in [3.8, 4) is 0 Å². The van der Waals surface area contributed by atoms with E-state index in [1.807, 2.05) is 36.4 Å². The molecule has 0 aromatic heterocycles. The van der Waals surface area contributed by atoms with Crippen LogP contribution in [-0.2, 0) is 24.1 Å². The number of carboxylic acid groups (broad SMARTS) is 1. The molecule has 128 valence electrons. The van der Waals surface area contributed by atoms with E-state index in [4.69, 9.17) is 0 Å². The van der Waals surface area contributed by atoms with Crippen LogP contribution in [0.4, 0.5) is 4.79 Å². The fourth-order valence-corrected chi connectivity index (χ4v) is 4.00. The second-order valence-electron chi connectivity index (χ2n) is 6.71.